The van der Waals surface area contributed by atoms with Crippen LogP contribution in [0.4, 0.5) is 0 Å². The number of aryl methyl sites for hydroxylation is 1. The SMILES string of the molecule is CC1OCCC1NCCCc1cccs1. The molecule has 1 fully saturated rings. The highest BCUT2D eigenvalue weighted by molar-refractivity contribution is 7.09. The first-order valence-corrected chi connectivity index (χ1v) is 6.61. The van der Waals surface area contributed by atoms with Crippen molar-refractivity contribution in [1.29, 1.82) is 0 Å². The topological polar surface area (TPSA) is 21.3 Å². The van der Waals surface area contributed by atoms with Gasteiger partial charge in [0.1, 0.15) is 0 Å². The van der Waals surface area contributed by atoms with Crippen molar-refractivity contribution in [1.82, 2.24) is 5.32 Å². The van der Waals surface area contributed by atoms with Gasteiger partial charge in [-0.15, -0.1) is 11.3 Å². The van der Waals surface area contributed by atoms with Gasteiger partial charge in [-0.05, 0) is 44.2 Å². The standard InChI is InChI=1S/C12H19NOS/c1-10-12(6-8-14-10)13-7-2-4-11-5-3-9-15-11/h3,5,9-10,12-13H,2,4,6-8H2,1H3. The molecular weight excluding hydrogens is 206 g/mol. The minimum atomic E-state index is 0.395. The number of thiophene rings is 1. The Bertz CT molecular complexity index is 273. The highest BCUT2D eigenvalue weighted by Gasteiger charge is 2.22. The minimum absolute atomic E-state index is 0.395. The molecule has 0 amide bonds. The van der Waals surface area contributed by atoms with Crippen LogP contribution in [0.2, 0.25) is 0 Å². The van der Waals surface area contributed by atoms with Crippen LogP contribution >= 0.6 is 11.3 Å². The molecule has 1 aromatic rings. The summed E-state index contributed by atoms with van der Waals surface area (Å²) < 4.78 is 5.51. The van der Waals surface area contributed by atoms with Crippen molar-refractivity contribution in [2.45, 2.75) is 38.3 Å². The Morgan fingerprint density at radius 3 is 3.20 bits per heavy atom. The second kappa shape index (κ2) is 5.64. The molecule has 2 atom stereocenters. The van der Waals surface area contributed by atoms with E-state index in [9.17, 15) is 0 Å². The predicted molar refractivity (Wildman–Crippen MR) is 64.5 cm³/mol. The zero-order chi connectivity index (χ0) is 10.5. The molecule has 15 heavy (non-hydrogen) atoms. The smallest absolute Gasteiger partial charge is 0.0700 e. The summed E-state index contributed by atoms with van der Waals surface area (Å²) in [4.78, 5) is 1.49. The van der Waals surface area contributed by atoms with Crippen molar-refractivity contribution in [2.75, 3.05) is 13.2 Å². The molecule has 0 aliphatic carbocycles. The van der Waals surface area contributed by atoms with Crippen molar-refractivity contribution in [3.8, 4) is 0 Å². The van der Waals surface area contributed by atoms with Gasteiger partial charge in [-0.1, -0.05) is 6.07 Å². The first kappa shape index (κ1) is 11.1. The highest BCUT2D eigenvalue weighted by atomic mass is 32.1. The van der Waals surface area contributed by atoms with Crippen molar-refractivity contribution in [3.63, 3.8) is 0 Å². The molecule has 3 heteroatoms. The monoisotopic (exact) mass is 225 g/mol. The predicted octanol–water partition coefficient (Wildman–Crippen LogP) is 2.45. The number of hydrogen-bond donors (Lipinski definition) is 1. The fourth-order valence-electron chi connectivity index (χ4n) is 2.00. The molecule has 2 unspecified atom stereocenters. The summed E-state index contributed by atoms with van der Waals surface area (Å²) in [6.45, 7) is 4.18. The first-order valence-electron chi connectivity index (χ1n) is 5.73. The van der Waals surface area contributed by atoms with E-state index in [1.165, 1.54) is 24.1 Å². The average molecular weight is 225 g/mol. The van der Waals surface area contributed by atoms with Crippen LogP contribution in [0, 0.1) is 0 Å². The van der Waals surface area contributed by atoms with Gasteiger partial charge in [0, 0.05) is 17.5 Å². The van der Waals surface area contributed by atoms with Crippen molar-refractivity contribution in [3.05, 3.63) is 22.4 Å². The van der Waals surface area contributed by atoms with Gasteiger partial charge in [0.25, 0.3) is 0 Å². The molecule has 0 spiro atoms. The summed E-state index contributed by atoms with van der Waals surface area (Å²) in [5.74, 6) is 0. The van der Waals surface area contributed by atoms with Crippen molar-refractivity contribution in [2.24, 2.45) is 0 Å². The number of hydrogen-bond acceptors (Lipinski definition) is 3. The number of ether oxygens (including phenoxy) is 1. The maximum atomic E-state index is 5.51. The van der Waals surface area contributed by atoms with E-state index < -0.39 is 0 Å². The molecule has 2 heterocycles. The molecule has 1 aromatic heterocycles. The lowest BCUT2D eigenvalue weighted by molar-refractivity contribution is 0.113. The highest BCUT2D eigenvalue weighted by Crippen LogP contribution is 2.13. The van der Waals surface area contributed by atoms with Crippen LogP contribution < -0.4 is 5.32 Å². The molecule has 0 bridgehead atoms. The second-order valence-electron chi connectivity index (χ2n) is 4.11. The van der Waals surface area contributed by atoms with Crippen LogP contribution in [-0.2, 0) is 11.2 Å². The van der Waals surface area contributed by atoms with Gasteiger partial charge in [0.15, 0.2) is 0 Å². The summed E-state index contributed by atoms with van der Waals surface area (Å²) in [5.41, 5.74) is 0. The van der Waals surface area contributed by atoms with Crippen molar-refractivity contribution >= 4 is 11.3 Å². The molecule has 1 aliphatic heterocycles. The lowest BCUT2D eigenvalue weighted by Crippen LogP contribution is -2.35. The fourth-order valence-corrected chi connectivity index (χ4v) is 2.76. The van der Waals surface area contributed by atoms with E-state index in [1.54, 1.807) is 0 Å². The molecule has 1 saturated heterocycles. The van der Waals surface area contributed by atoms with Crippen LogP contribution in [0.25, 0.3) is 0 Å². The molecule has 0 aromatic carbocycles. The third-order valence-electron chi connectivity index (χ3n) is 2.96. The Kier molecular flexibility index (Phi) is 4.18. The van der Waals surface area contributed by atoms with Crippen LogP contribution in [0.5, 0.6) is 0 Å². The van der Waals surface area contributed by atoms with Crippen LogP contribution in [0.15, 0.2) is 17.5 Å². The van der Waals surface area contributed by atoms with Gasteiger partial charge in [-0.3, -0.25) is 0 Å². The third-order valence-corrected chi connectivity index (χ3v) is 3.90. The Hall–Kier alpha value is -0.380. The first-order chi connectivity index (χ1) is 7.36. The molecule has 0 radical (unpaired) electrons. The van der Waals surface area contributed by atoms with Crippen LogP contribution in [-0.4, -0.2) is 25.3 Å². The summed E-state index contributed by atoms with van der Waals surface area (Å²) in [5, 5.41) is 5.72. The van der Waals surface area contributed by atoms with E-state index in [0.717, 1.165) is 13.2 Å². The lowest BCUT2D eigenvalue weighted by Gasteiger charge is -2.15. The van der Waals surface area contributed by atoms with E-state index in [0.29, 0.717) is 12.1 Å². The Morgan fingerprint density at radius 1 is 1.60 bits per heavy atom. The van der Waals surface area contributed by atoms with Gasteiger partial charge in [0.05, 0.1) is 6.10 Å². The second-order valence-corrected chi connectivity index (χ2v) is 5.14. The maximum absolute atomic E-state index is 5.51. The van der Waals surface area contributed by atoms with Crippen LogP contribution in [0.1, 0.15) is 24.6 Å². The van der Waals surface area contributed by atoms with E-state index in [4.69, 9.17) is 4.74 Å². The lowest BCUT2D eigenvalue weighted by atomic mass is 10.1. The molecule has 84 valence electrons. The molecule has 1 aliphatic rings. The minimum Gasteiger partial charge on any atom is -0.377 e. The third kappa shape index (κ3) is 3.30. The molecule has 2 nitrogen and oxygen atoms in total. The van der Waals surface area contributed by atoms with E-state index in [-0.39, 0.29) is 0 Å². The molecule has 2 rings (SSSR count). The quantitative estimate of drug-likeness (QED) is 0.777. The number of rotatable bonds is 5. The van der Waals surface area contributed by atoms with Crippen LogP contribution in [0.3, 0.4) is 0 Å². The zero-order valence-electron chi connectivity index (χ0n) is 9.24. The summed E-state index contributed by atoms with van der Waals surface area (Å²) in [6, 6.07) is 4.92. The summed E-state index contributed by atoms with van der Waals surface area (Å²) >= 11 is 1.85. The summed E-state index contributed by atoms with van der Waals surface area (Å²) in [6.07, 6.45) is 3.99. The van der Waals surface area contributed by atoms with Crippen molar-refractivity contribution < 1.29 is 4.74 Å². The fraction of sp³-hybridized carbons (Fsp3) is 0.667. The Labute approximate surface area is 95.6 Å². The van der Waals surface area contributed by atoms with Gasteiger partial charge in [-0.25, -0.2) is 0 Å². The van der Waals surface area contributed by atoms with Gasteiger partial charge in [-0.2, -0.15) is 0 Å². The van der Waals surface area contributed by atoms with E-state index in [2.05, 4.69) is 29.8 Å². The average Bonchev–Trinajstić information content (AvgIpc) is 2.85. The summed E-state index contributed by atoms with van der Waals surface area (Å²) in [7, 11) is 0. The Balaban J connectivity index is 1.59. The normalized spacial score (nSPS) is 25.9. The Morgan fingerprint density at radius 2 is 2.53 bits per heavy atom. The van der Waals surface area contributed by atoms with Gasteiger partial charge >= 0.3 is 0 Å². The molecule has 0 saturated carbocycles. The molecular formula is C12H19NOS. The molecule has 1 N–H and O–H groups in total. The van der Waals surface area contributed by atoms with E-state index >= 15 is 0 Å². The van der Waals surface area contributed by atoms with Gasteiger partial charge < -0.3 is 10.1 Å². The largest absolute Gasteiger partial charge is 0.377 e. The zero-order valence-corrected chi connectivity index (χ0v) is 10.1. The number of nitrogens with one attached hydrogen (secondary N) is 1. The van der Waals surface area contributed by atoms with Gasteiger partial charge in [0.2, 0.25) is 0 Å². The van der Waals surface area contributed by atoms with E-state index in [1.807, 2.05) is 11.3 Å². The maximum Gasteiger partial charge on any atom is 0.0700 e.